The van der Waals surface area contributed by atoms with Crippen LogP contribution >= 0.6 is 23.5 Å². The van der Waals surface area contributed by atoms with Crippen molar-refractivity contribution in [2.24, 2.45) is 5.92 Å². The summed E-state index contributed by atoms with van der Waals surface area (Å²) in [5, 5.41) is 4.35. The van der Waals surface area contributed by atoms with Crippen molar-refractivity contribution < 1.29 is 4.74 Å². The Morgan fingerprint density at radius 3 is 2.83 bits per heavy atom. The highest BCUT2D eigenvalue weighted by atomic mass is 35.5. The molecular weight excluding hydrogens is 400 g/mol. The van der Waals surface area contributed by atoms with Gasteiger partial charge >= 0.3 is 0 Å². The quantitative estimate of drug-likeness (QED) is 0.399. The molecule has 0 heterocycles. The van der Waals surface area contributed by atoms with Gasteiger partial charge in [0.25, 0.3) is 0 Å². The monoisotopic (exact) mass is 430 g/mol. The molecule has 2 aromatic carbocycles. The van der Waals surface area contributed by atoms with Gasteiger partial charge in [0, 0.05) is 29.3 Å². The molecule has 0 aromatic heterocycles. The molecule has 2 aliphatic rings. The van der Waals surface area contributed by atoms with Crippen molar-refractivity contribution >= 4 is 23.5 Å². The Morgan fingerprint density at radius 2 is 2.03 bits per heavy atom. The van der Waals surface area contributed by atoms with E-state index in [1.54, 1.807) is 0 Å². The first kappa shape index (κ1) is 21.0. The number of hydrogen-bond donors (Lipinski definition) is 2. The summed E-state index contributed by atoms with van der Waals surface area (Å²) in [6, 6.07) is 15.4. The molecule has 156 valence electrons. The van der Waals surface area contributed by atoms with E-state index in [-0.39, 0.29) is 0 Å². The summed E-state index contributed by atoms with van der Waals surface area (Å²) in [5.74, 6) is 3.59. The zero-order chi connectivity index (χ0) is 20.1. The molecule has 1 fully saturated rings. The van der Waals surface area contributed by atoms with Gasteiger partial charge in [0.15, 0.2) is 0 Å². The van der Waals surface area contributed by atoms with Crippen LogP contribution in [0.2, 0.25) is 5.02 Å². The minimum atomic E-state index is 0.429. The fourth-order valence-corrected chi connectivity index (χ4v) is 5.35. The van der Waals surface area contributed by atoms with Gasteiger partial charge in [-0.3, -0.25) is 4.72 Å². The summed E-state index contributed by atoms with van der Waals surface area (Å²) >= 11 is 8.07. The van der Waals surface area contributed by atoms with Crippen molar-refractivity contribution in [3.8, 4) is 5.75 Å². The number of ether oxygens (including phenoxy) is 1. The molecule has 2 atom stereocenters. The first-order chi connectivity index (χ1) is 14.2. The second kappa shape index (κ2) is 10.2. The third-order valence-electron chi connectivity index (χ3n) is 6.03. The average molecular weight is 431 g/mol. The van der Waals surface area contributed by atoms with Gasteiger partial charge in [0.1, 0.15) is 12.4 Å². The maximum atomic E-state index is 6.23. The predicted molar refractivity (Wildman–Crippen MR) is 124 cm³/mol. The number of halogens is 1. The molecule has 0 bridgehead atoms. The standard InChI is InChI=1S/C24H31ClN2OS/c1-26-24-10-8-19-7-9-21(28-12-11-27-29-16-17-5-6-17)15-22(19)23(24)14-18-3-2-4-20(25)13-18/h2-4,7,9,13,15,17,23-24,26-27H,5-6,8,10-12,14,16H2,1H3. The highest BCUT2D eigenvalue weighted by Gasteiger charge is 2.29. The summed E-state index contributed by atoms with van der Waals surface area (Å²) in [7, 11) is 2.08. The van der Waals surface area contributed by atoms with E-state index in [1.807, 2.05) is 24.1 Å². The highest BCUT2D eigenvalue weighted by molar-refractivity contribution is 7.97. The van der Waals surface area contributed by atoms with Gasteiger partial charge < -0.3 is 10.1 Å². The molecule has 0 amide bonds. The van der Waals surface area contributed by atoms with E-state index in [0.29, 0.717) is 18.6 Å². The third-order valence-corrected chi connectivity index (χ3v) is 7.31. The van der Waals surface area contributed by atoms with Crippen LogP contribution in [0.3, 0.4) is 0 Å². The van der Waals surface area contributed by atoms with Crippen LogP contribution in [0.15, 0.2) is 42.5 Å². The molecule has 5 heteroatoms. The van der Waals surface area contributed by atoms with Crippen molar-refractivity contribution in [3.05, 3.63) is 64.2 Å². The molecule has 0 spiro atoms. The van der Waals surface area contributed by atoms with E-state index in [9.17, 15) is 0 Å². The van der Waals surface area contributed by atoms with Gasteiger partial charge in [-0.15, -0.1) is 0 Å². The second-order valence-electron chi connectivity index (χ2n) is 8.23. The van der Waals surface area contributed by atoms with Crippen molar-refractivity contribution in [1.29, 1.82) is 0 Å². The Bertz CT molecular complexity index is 811. The number of nitrogens with one attached hydrogen (secondary N) is 2. The van der Waals surface area contributed by atoms with Crippen LogP contribution < -0.4 is 14.8 Å². The van der Waals surface area contributed by atoms with Crippen molar-refractivity contribution in [1.82, 2.24) is 10.0 Å². The van der Waals surface area contributed by atoms with E-state index in [0.717, 1.165) is 42.5 Å². The Labute approximate surface area is 184 Å². The first-order valence-electron chi connectivity index (χ1n) is 10.7. The van der Waals surface area contributed by atoms with E-state index >= 15 is 0 Å². The maximum absolute atomic E-state index is 6.23. The van der Waals surface area contributed by atoms with Crippen LogP contribution in [0.4, 0.5) is 0 Å². The lowest BCUT2D eigenvalue weighted by Gasteiger charge is -2.34. The third kappa shape index (κ3) is 5.91. The molecule has 2 N–H and O–H groups in total. The van der Waals surface area contributed by atoms with Crippen LogP contribution in [0.25, 0.3) is 0 Å². The van der Waals surface area contributed by atoms with Gasteiger partial charge in [-0.1, -0.05) is 41.7 Å². The number of benzene rings is 2. The summed E-state index contributed by atoms with van der Waals surface area (Å²) in [6.45, 7) is 1.57. The molecular formula is C24H31ClN2OS. The van der Waals surface area contributed by atoms with Crippen LogP contribution in [-0.2, 0) is 12.8 Å². The zero-order valence-electron chi connectivity index (χ0n) is 17.1. The van der Waals surface area contributed by atoms with Crippen LogP contribution in [0.5, 0.6) is 5.75 Å². The second-order valence-corrected chi connectivity index (χ2v) is 9.58. The van der Waals surface area contributed by atoms with Gasteiger partial charge in [-0.2, -0.15) is 0 Å². The molecule has 2 aliphatic carbocycles. The molecule has 2 unspecified atom stereocenters. The normalized spacial score (nSPS) is 21.0. The molecule has 0 aliphatic heterocycles. The fraction of sp³-hybridized carbons (Fsp3) is 0.500. The summed E-state index contributed by atoms with van der Waals surface area (Å²) in [4.78, 5) is 0. The SMILES string of the molecule is CNC1CCc2ccc(OCCNSCC3CC3)cc2C1Cc1cccc(Cl)c1. The minimum Gasteiger partial charge on any atom is -0.492 e. The van der Waals surface area contributed by atoms with Crippen molar-refractivity contribution in [3.63, 3.8) is 0 Å². The van der Waals surface area contributed by atoms with E-state index < -0.39 is 0 Å². The van der Waals surface area contributed by atoms with E-state index in [2.05, 4.69) is 47.4 Å². The lowest BCUT2D eigenvalue weighted by Crippen LogP contribution is -2.37. The molecule has 3 nitrogen and oxygen atoms in total. The molecule has 0 saturated heterocycles. The number of hydrogen-bond acceptors (Lipinski definition) is 4. The van der Waals surface area contributed by atoms with Gasteiger partial charge in [-0.05, 0) is 86.0 Å². The minimum absolute atomic E-state index is 0.429. The van der Waals surface area contributed by atoms with E-state index in [4.69, 9.17) is 16.3 Å². The predicted octanol–water partition coefficient (Wildman–Crippen LogP) is 5.23. The summed E-state index contributed by atoms with van der Waals surface area (Å²) < 4.78 is 9.49. The number of aryl methyl sites for hydroxylation is 1. The summed E-state index contributed by atoms with van der Waals surface area (Å²) in [6.07, 6.45) is 6.08. The van der Waals surface area contributed by atoms with Gasteiger partial charge in [0.05, 0.1) is 0 Å². The Balaban J connectivity index is 1.40. The Morgan fingerprint density at radius 1 is 1.14 bits per heavy atom. The summed E-state index contributed by atoms with van der Waals surface area (Å²) in [5.41, 5.74) is 4.16. The van der Waals surface area contributed by atoms with E-state index in [1.165, 1.54) is 35.3 Å². The molecule has 29 heavy (non-hydrogen) atoms. The topological polar surface area (TPSA) is 33.3 Å². The van der Waals surface area contributed by atoms with Crippen molar-refractivity contribution in [2.75, 3.05) is 26.0 Å². The smallest absolute Gasteiger partial charge is 0.119 e. The number of rotatable bonds is 10. The highest BCUT2D eigenvalue weighted by Crippen LogP contribution is 2.37. The van der Waals surface area contributed by atoms with Crippen molar-refractivity contribution in [2.45, 2.75) is 44.1 Å². The largest absolute Gasteiger partial charge is 0.492 e. The van der Waals surface area contributed by atoms with Crippen LogP contribution in [0, 0.1) is 5.92 Å². The first-order valence-corrected chi connectivity index (χ1v) is 12.1. The zero-order valence-corrected chi connectivity index (χ0v) is 18.7. The lowest BCUT2D eigenvalue weighted by molar-refractivity contribution is 0.322. The Kier molecular flexibility index (Phi) is 7.41. The Hall–Kier alpha value is -1.20. The molecule has 1 saturated carbocycles. The average Bonchev–Trinajstić information content (AvgIpc) is 3.55. The number of likely N-dealkylation sites (N-methyl/N-ethyl adjacent to an activating group) is 1. The molecule has 0 radical (unpaired) electrons. The number of fused-ring (bicyclic) bond motifs is 1. The lowest BCUT2D eigenvalue weighted by atomic mass is 9.76. The van der Waals surface area contributed by atoms with Gasteiger partial charge in [0.2, 0.25) is 0 Å². The molecule has 2 aromatic rings. The van der Waals surface area contributed by atoms with Gasteiger partial charge in [-0.25, -0.2) is 0 Å². The van der Waals surface area contributed by atoms with Crippen LogP contribution in [-0.4, -0.2) is 32.0 Å². The van der Waals surface area contributed by atoms with Crippen LogP contribution in [0.1, 0.15) is 41.9 Å². The molecule has 4 rings (SSSR count). The maximum Gasteiger partial charge on any atom is 0.119 e. The fourth-order valence-electron chi connectivity index (χ4n) is 4.22.